The summed E-state index contributed by atoms with van der Waals surface area (Å²) in [6.07, 6.45) is 2.87. The maximum Gasteiger partial charge on any atom is 0.434 e. The summed E-state index contributed by atoms with van der Waals surface area (Å²) in [5.74, 6) is -0.431. The van der Waals surface area contributed by atoms with Crippen LogP contribution in [0.15, 0.2) is 36.7 Å². The van der Waals surface area contributed by atoms with Crippen molar-refractivity contribution < 1.29 is 9.72 Å². The molecule has 0 radical (unpaired) electrons. The molecule has 2 rings (SSSR count). The van der Waals surface area contributed by atoms with Crippen molar-refractivity contribution in [2.45, 2.75) is 6.54 Å². The third-order valence-corrected chi connectivity index (χ3v) is 3.25. The molecule has 0 atom stereocenters. The number of benzene rings is 1. The molecule has 0 saturated carbocycles. The van der Waals surface area contributed by atoms with Crippen molar-refractivity contribution in [3.63, 3.8) is 0 Å². The number of rotatable bonds is 5. The van der Waals surface area contributed by atoms with E-state index in [0.29, 0.717) is 18.7 Å². The minimum atomic E-state index is -0.554. The fourth-order valence-electron chi connectivity index (χ4n) is 1.67. The van der Waals surface area contributed by atoms with E-state index in [0.717, 1.165) is 3.57 Å². The van der Waals surface area contributed by atoms with Gasteiger partial charge in [-0.05, 0) is 45.7 Å². The highest BCUT2D eigenvalue weighted by Gasteiger charge is 2.13. The normalized spacial score (nSPS) is 10.2. The van der Waals surface area contributed by atoms with Crippen molar-refractivity contribution in [1.29, 1.82) is 0 Å². The number of hydrogen-bond donors (Lipinski definition) is 1. The van der Waals surface area contributed by atoms with Crippen molar-refractivity contribution in [2.75, 3.05) is 6.54 Å². The van der Waals surface area contributed by atoms with Crippen LogP contribution in [0.5, 0.6) is 0 Å². The molecule has 20 heavy (non-hydrogen) atoms. The average Bonchev–Trinajstić information content (AvgIpc) is 2.87. The quantitative estimate of drug-likeness (QED) is 0.482. The Morgan fingerprint density at radius 1 is 1.50 bits per heavy atom. The molecule has 8 heteroatoms. The summed E-state index contributed by atoms with van der Waals surface area (Å²) in [4.78, 5) is 25.6. The third-order valence-electron chi connectivity index (χ3n) is 2.58. The predicted octanol–water partition coefficient (Wildman–Crippen LogP) is 1.83. The Morgan fingerprint density at radius 3 is 3.00 bits per heavy atom. The van der Waals surface area contributed by atoms with Gasteiger partial charge in [0.25, 0.3) is 5.91 Å². The lowest BCUT2D eigenvalue weighted by atomic mass is 10.2. The van der Waals surface area contributed by atoms with Crippen molar-refractivity contribution in [1.82, 2.24) is 14.9 Å². The zero-order chi connectivity index (χ0) is 14.5. The zero-order valence-corrected chi connectivity index (χ0v) is 12.5. The van der Waals surface area contributed by atoms with E-state index in [-0.39, 0.29) is 11.9 Å². The third kappa shape index (κ3) is 3.53. The molecular formula is C12H11IN4O3. The van der Waals surface area contributed by atoms with Crippen LogP contribution in [-0.2, 0) is 6.54 Å². The smallest absolute Gasteiger partial charge is 0.390 e. The first-order valence-corrected chi connectivity index (χ1v) is 6.85. The van der Waals surface area contributed by atoms with E-state index < -0.39 is 4.92 Å². The van der Waals surface area contributed by atoms with E-state index in [4.69, 9.17) is 0 Å². The van der Waals surface area contributed by atoms with Crippen LogP contribution in [0.2, 0.25) is 0 Å². The summed E-state index contributed by atoms with van der Waals surface area (Å²) in [7, 11) is 0. The average molecular weight is 386 g/mol. The second kappa shape index (κ2) is 6.46. The van der Waals surface area contributed by atoms with Gasteiger partial charge in [-0.2, -0.15) is 0 Å². The molecule has 0 spiro atoms. The number of carbonyl (C=O) groups excluding carboxylic acids is 1. The van der Waals surface area contributed by atoms with Crippen LogP contribution in [0.3, 0.4) is 0 Å². The van der Waals surface area contributed by atoms with E-state index in [2.05, 4.69) is 32.9 Å². The van der Waals surface area contributed by atoms with E-state index in [1.807, 2.05) is 6.07 Å². The number of amides is 1. The highest BCUT2D eigenvalue weighted by atomic mass is 127. The van der Waals surface area contributed by atoms with Crippen molar-refractivity contribution in [2.24, 2.45) is 0 Å². The van der Waals surface area contributed by atoms with Gasteiger partial charge in [0.15, 0.2) is 0 Å². The molecule has 1 heterocycles. The van der Waals surface area contributed by atoms with E-state index in [1.165, 1.54) is 17.0 Å². The van der Waals surface area contributed by atoms with Crippen LogP contribution in [0.4, 0.5) is 5.95 Å². The first kappa shape index (κ1) is 14.4. The van der Waals surface area contributed by atoms with Crippen LogP contribution in [0, 0.1) is 13.7 Å². The van der Waals surface area contributed by atoms with E-state index in [1.54, 1.807) is 18.2 Å². The largest absolute Gasteiger partial charge is 0.434 e. The second-order valence-electron chi connectivity index (χ2n) is 3.94. The standard InChI is InChI=1S/C12H11IN4O3/c13-10-3-1-2-9(8-10)11(18)14-4-6-16-7-5-15-12(16)17(19)20/h1-3,5,7-8H,4,6H2,(H,14,18). The van der Waals surface area contributed by atoms with Crippen molar-refractivity contribution in [3.8, 4) is 0 Å². The molecule has 1 N–H and O–H groups in total. The van der Waals surface area contributed by atoms with E-state index in [9.17, 15) is 14.9 Å². The van der Waals surface area contributed by atoms with Gasteiger partial charge < -0.3 is 15.4 Å². The molecule has 2 aromatic rings. The maximum atomic E-state index is 11.9. The molecule has 1 amide bonds. The molecule has 7 nitrogen and oxygen atoms in total. The number of imidazole rings is 1. The van der Waals surface area contributed by atoms with Gasteiger partial charge in [-0.15, -0.1) is 0 Å². The Kier molecular flexibility index (Phi) is 4.66. The summed E-state index contributed by atoms with van der Waals surface area (Å²) in [6.45, 7) is 0.591. The van der Waals surface area contributed by atoms with Gasteiger partial charge in [0, 0.05) is 15.7 Å². The molecular weight excluding hydrogens is 375 g/mol. The number of aromatic nitrogens is 2. The van der Waals surface area contributed by atoms with Gasteiger partial charge in [0.2, 0.25) is 0 Å². The Morgan fingerprint density at radius 2 is 2.30 bits per heavy atom. The fraction of sp³-hybridized carbons (Fsp3) is 0.167. The monoisotopic (exact) mass is 386 g/mol. The van der Waals surface area contributed by atoms with Crippen LogP contribution in [0.25, 0.3) is 0 Å². The topological polar surface area (TPSA) is 90.1 Å². The summed E-state index contributed by atoms with van der Waals surface area (Å²) in [5.41, 5.74) is 0.567. The molecule has 1 aromatic heterocycles. The van der Waals surface area contributed by atoms with E-state index >= 15 is 0 Å². The van der Waals surface area contributed by atoms with Gasteiger partial charge in [0.05, 0.1) is 6.54 Å². The van der Waals surface area contributed by atoms with Crippen LogP contribution >= 0.6 is 22.6 Å². The minimum absolute atomic E-state index is 0.203. The Balaban J connectivity index is 1.91. The summed E-state index contributed by atoms with van der Waals surface area (Å²) in [6, 6.07) is 7.19. The Hall–Kier alpha value is -1.97. The van der Waals surface area contributed by atoms with Crippen LogP contribution in [-0.4, -0.2) is 26.9 Å². The molecule has 1 aromatic carbocycles. The minimum Gasteiger partial charge on any atom is -0.390 e. The van der Waals surface area contributed by atoms with Gasteiger partial charge in [-0.25, -0.2) is 4.57 Å². The summed E-state index contributed by atoms with van der Waals surface area (Å²) in [5, 5.41) is 13.4. The highest BCUT2D eigenvalue weighted by molar-refractivity contribution is 14.1. The number of halogens is 1. The predicted molar refractivity (Wildman–Crippen MR) is 80.4 cm³/mol. The molecule has 0 aliphatic carbocycles. The lowest BCUT2D eigenvalue weighted by molar-refractivity contribution is -0.396. The Bertz CT molecular complexity index is 641. The molecule has 0 aliphatic heterocycles. The maximum absolute atomic E-state index is 11.9. The highest BCUT2D eigenvalue weighted by Crippen LogP contribution is 2.08. The van der Waals surface area contributed by atoms with Gasteiger partial charge in [-0.1, -0.05) is 11.1 Å². The lowest BCUT2D eigenvalue weighted by Gasteiger charge is -2.05. The molecule has 0 aliphatic rings. The van der Waals surface area contributed by atoms with Gasteiger partial charge in [-0.3, -0.25) is 4.79 Å². The zero-order valence-electron chi connectivity index (χ0n) is 10.3. The summed E-state index contributed by atoms with van der Waals surface area (Å²) >= 11 is 2.13. The number of carbonyl (C=O) groups is 1. The van der Waals surface area contributed by atoms with Crippen LogP contribution in [0.1, 0.15) is 10.4 Å². The van der Waals surface area contributed by atoms with Gasteiger partial charge >= 0.3 is 5.95 Å². The lowest BCUT2D eigenvalue weighted by Crippen LogP contribution is -2.27. The second-order valence-corrected chi connectivity index (χ2v) is 5.19. The molecule has 104 valence electrons. The SMILES string of the molecule is O=C(NCCn1ccnc1[N+](=O)[O-])c1cccc(I)c1. The molecule has 0 saturated heterocycles. The van der Waals surface area contributed by atoms with Crippen molar-refractivity contribution in [3.05, 3.63) is 55.9 Å². The van der Waals surface area contributed by atoms with Crippen LogP contribution < -0.4 is 5.32 Å². The molecule has 0 fully saturated rings. The van der Waals surface area contributed by atoms with Crippen molar-refractivity contribution >= 4 is 34.4 Å². The number of nitro groups is 1. The number of nitrogens with zero attached hydrogens (tertiary/aromatic N) is 3. The molecule has 0 unspecified atom stereocenters. The summed E-state index contributed by atoms with van der Waals surface area (Å²) < 4.78 is 2.36. The first-order valence-electron chi connectivity index (χ1n) is 5.77. The number of nitrogens with one attached hydrogen (secondary N) is 1. The fourth-order valence-corrected chi connectivity index (χ4v) is 2.21. The van der Waals surface area contributed by atoms with Gasteiger partial charge in [0.1, 0.15) is 12.4 Å². The molecule has 0 bridgehead atoms. The Labute approximate surface area is 128 Å². The number of hydrogen-bond acceptors (Lipinski definition) is 4. The first-order chi connectivity index (χ1) is 9.58.